The molecule has 2 amide bonds. The average Bonchev–Trinajstić information content (AvgIpc) is 3.12. The quantitative estimate of drug-likeness (QED) is 0.868. The number of H-pyrrole nitrogens is 1. The summed E-state index contributed by atoms with van der Waals surface area (Å²) in [6.45, 7) is 2.40. The largest absolute Gasteiger partial charge is 0.481 e. The number of aromatic nitrogens is 2. The van der Waals surface area contributed by atoms with Crippen molar-refractivity contribution >= 4 is 11.8 Å². The normalized spacial score (nSPS) is 18.6. The molecule has 7 nitrogen and oxygen atoms in total. The second-order valence-corrected chi connectivity index (χ2v) is 6.19. The minimum atomic E-state index is -0.596. The van der Waals surface area contributed by atoms with Crippen LogP contribution in [0.15, 0.2) is 36.4 Å². The van der Waals surface area contributed by atoms with Crippen molar-refractivity contribution in [3.63, 3.8) is 0 Å². The molecule has 0 radical (unpaired) electrons. The van der Waals surface area contributed by atoms with Crippen molar-refractivity contribution in [3.8, 4) is 5.75 Å². The van der Waals surface area contributed by atoms with Crippen LogP contribution in [0, 0.1) is 0 Å². The van der Waals surface area contributed by atoms with Crippen LogP contribution in [0.2, 0.25) is 0 Å². The molecule has 2 aromatic rings. The Kier molecular flexibility index (Phi) is 5.02. The monoisotopic (exact) mass is 342 g/mol. The molecule has 25 heavy (non-hydrogen) atoms. The van der Waals surface area contributed by atoms with Gasteiger partial charge in [-0.1, -0.05) is 18.2 Å². The third-order valence-electron chi connectivity index (χ3n) is 4.40. The molecule has 0 unspecified atom stereocenters. The summed E-state index contributed by atoms with van der Waals surface area (Å²) in [7, 11) is 0. The molecule has 3 N–H and O–H groups in total. The van der Waals surface area contributed by atoms with Crippen LogP contribution in [0.25, 0.3) is 0 Å². The third kappa shape index (κ3) is 3.81. The molecule has 0 spiro atoms. The molecule has 3 rings (SSSR count). The second-order valence-electron chi connectivity index (χ2n) is 6.19. The first kappa shape index (κ1) is 17.0. The van der Waals surface area contributed by atoms with E-state index in [2.05, 4.69) is 10.2 Å². The minimum absolute atomic E-state index is 0.0798. The van der Waals surface area contributed by atoms with Crippen LogP contribution in [0.1, 0.15) is 48.4 Å². The molecule has 2 heterocycles. The maximum Gasteiger partial charge on any atom is 0.269 e. The minimum Gasteiger partial charge on any atom is -0.481 e. The van der Waals surface area contributed by atoms with Crippen molar-refractivity contribution in [2.45, 2.75) is 38.3 Å². The maximum atomic E-state index is 12.9. The smallest absolute Gasteiger partial charge is 0.269 e. The van der Waals surface area contributed by atoms with Crippen molar-refractivity contribution in [1.82, 2.24) is 15.1 Å². The van der Waals surface area contributed by atoms with Gasteiger partial charge in [0.25, 0.3) is 11.8 Å². The van der Waals surface area contributed by atoms with E-state index in [0.717, 1.165) is 25.0 Å². The Hall–Kier alpha value is -2.83. The van der Waals surface area contributed by atoms with Crippen LogP contribution in [-0.2, 0) is 4.79 Å². The predicted octanol–water partition coefficient (Wildman–Crippen LogP) is 2.03. The number of nitrogens with two attached hydrogens (primary N) is 1. The Bertz CT molecular complexity index is 744. The number of amides is 2. The molecule has 1 aromatic carbocycles. The summed E-state index contributed by atoms with van der Waals surface area (Å²) in [5, 5.41) is 6.77. The lowest BCUT2D eigenvalue weighted by Crippen LogP contribution is -2.45. The number of para-hydroxylation sites is 1. The number of aromatic amines is 1. The van der Waals surface area contributed by atoms with E-state index in [0.29, 0.717) is 12.3 Å². The molecular formula is C18H22N4O3. The highest BCUT2D eigenvalue weighted by atomic mass is 16.5. The van der Waals surface area contributed by atoms with Crippen LogP contribution < -0.4 is 10.5 Å². The SMILES string of the molecule is C[C@H](Oc1ccccc1)C(=O)N1CCCC[C@@H]1c1cc(C(N)=O)n[nH]1. The molecule has 0 bridgehead atoms. The standard InChI is InChI=1S/C18H22N4O3/c1-12(25-13-7-3-2-4-8-13)18(24)22-10-6-5-9-16(22)14-11-15(17(19)23)21-20-14/h2-4,7-8,11-12,16H,5-6,9-10H2,1H3,(H2,19,23)(H,20,21)/t12-,16+/m0/s1. The molecule has 1 aliphatic rings. The van der Waals surface area contributed by atoms with Gasteiger partial charge in [-0.25, -0.2) is 0 Å². The molecule has 132 valence electrons. The molecule has 1 saturated heterocycles. The number of benzene rings is 1. The first-order valence-electron chi connectivity index (χ1n) is 8.43. The van der Waals surface area contributed by atoms with Crippen molar-refractivity contribution in [2.75, 3.05) is 6.54 Å². The summed E-state index contributed by atoms with van der Waals surface area (Å²) in [5.74, 6) is -0.00444. The summed E-state index contributed by atoms with van der Waals surface area (Å²) >= 11 is 0. The van der Waals surface area contributed by atoms with Gasteiger partial charge in [0.2, 0.25) is 0 Å². The van der Waals surface area contributed by atoms with Gasteiger partial charge >= 0.3 is 0 Å². The second kappa shape index (κ2) is 7.38. The number of hydrogen-bond donors (Lipinski definition) is 2. The molecule has 1 fully saturated rings. The van der Waals surface area contributed by atoms with E-state index in [4.69, 9.17) is 10.5 Å². The van der Waals surface area contributed by atoms with Gasteiger partial charge in [0, 0.05) is 6.54 Å². The molecule has 0 saturated carbocycles. The number of nitrogens with one attached hydrogen (secondary N) is 1. The number of carbonyl (C=O) groups excluding carboxylic acids is 2. The first-order valence-corrected chi connectivity index (χ1v) is 8.43. The summed E-state index contributed by atoms with van der Waals surface area (Å²) in [6, 6.07) is 10.8. The van der Waals surface area contributed by atoms with Gasteiger partial charge in [0.1, 0.15) is 11.4 Å². The number of rotatable bonds is 5. The molecule has 7 heteroatoms. The zero-order valence-corrected chi connectivity index (χ0v) is 14.1. The van der Waals surface area contributed by atoms with E-state index < -0.39 is 12.0 Å². The van der Waals surface area contributed by atoms with Gasteiger partial charge in [0.15, 0.2) is 6.10 Å². The maximum absolute atomic E-state index is 12.9. The van der Waals surface area contributed by atoms with E-state index in [9.17, 15) is 9.59 Å². The first-order chi connectivity index (χ1) is 12.1. The van der Waals surface area contributed by atoms with Crippen LogP contribution >= 0.6 is 0 Å². The highest BCUT2D eigenvalue weighted by molar-refractivity contribution is 5.90. The zero-order chi connectivity index (χ0) is 17.8. The number of hydrogen-bond acceptors (Lipinski definition) is 4. The Morgan fingerprint density at radius 1 is 1.32 bits per heavy atom. The number of likely N-dealkylation sites (tertiary alicyclic amines) is 1. The van der Waals surface area contributed by atoms with Gasteiger partial charge in [0.05, 0.1) is 11.7 Å². The van der Waals surface area contributed by atoms with Gasteiger partial charge in [-0.2, -0.15) is 5.10 Å². The van der Waals surface area contributed by atoms with Crippen molar-refractivity contribution in [2.24, 2.45) is 5.73 Å². The number of nitrogens with zero attached hydrogens (tertiary/aromatic N) is 2. The number of ether oxygens (including phenoxy) is 1. The van der Waals surface area contributed by atoms with Gasteiger partial charge < -0.3 is 15.4 Å². The van der Waals surface area contributed by atoms with E-state index in [-0.39, 0.29) is 17.6 Å². The molecule has 1 aliphatic heterocycles. The lowest BCUT2D eigenvalue weighted by Gasteiger charge is -2.36. The Morgan fingerprint density at radius 3 is 2.76 bits per heavy atom. The van der Waals surface area contributed by atoms with Gasteiger partial charge in [-0.3, -0.25) is 14.7 Å². The van der Waals surface area contributed by atoms with E-state index >= 15 is 0 Å². The summed E-state index contributed by atoms with van der Waals surface area (Å²) in [6.07, 6.45) is 2.16. The van der Waals surface area contributed by atoms with Crippen LogP contribution in [0.5, 0.6) is 5.75 Å². The zero-order valence-electron chi connectivity index (χ0n) is 14.1. The summed E-state index contributed by atoms with van der Waals surface area (Å²) in [4.78, 5) is 26.0. The summed E-state index contributed by atoms with van der Waals surface area (Å²) < 4.78 is 5.77. The number of carbonyl (C=O) groups is 2. The fraction of sp³-hybridized carbons (Fsp3) is 0.389. The van der Waals surface area contributed by atoms with Crippen molar-refractivity contribution < 1.29 is 14.3 Å². The van der Waals surface area contributed by atoms with E-state index in [1.54, 1.807) is 17.9 Å². The van der Waals surface area contributed by atoms with Crippen molar-refractivity contribution in [3.05, 3.63) is 47.8 Å². The fourth-order valence-electron chi connectivity index (χ4n) is 3.14. The van der Waals surface area contributed by atoms with Crippen LogP contribution in [0.3, 0.4) is 0 Å². The highest BCUT2D eigenvalue weighted by Crippen LogP contribution is 2.31. The Morgan fingerprint density at radius 2 is 2.08 bits per heavy atom. The topological polar surface area (TPSA) is 101 Å². The lowest BCUT2D eigenvalue weighted by atomic mass is 9.98. The predicted molar refractivity (Wildman–Crippen MR) is 91.9 cm³/mol. The molecule has 0 aliphatic carbocycles. The number of piperidine rings is 1. The number of primary amides is 1. The van der Waals surface area contributed by atoms with Crippen LogP contribution in [0.4, 0.5) is 0 Å². The molecule has 1 aromatic heterocycles. The lowest BCUT2D eigenvalue weighted by molar-refractivity contribution is -0.142. The average molecular weight is 342 g/mol. The van der Waals surface area contributed by atoms with E-state index in [1.807, 2.05) is 30.3 Å². The van der Waals surface area contributed by atoms with Gasteiger partial charge in [-0.15, -0.1) is 0 Å². The van der Waals surface area contributed by atoms with Gasteiger partial charge in [-0.05, 0) is 44.4 Å². The highest BCUT2D eigenvalue weighted by Gasteiger charge is 2.32. The third-order valence-corrected chi connectivity index (χ3v) is 4.40. The van der Waals surface area contributed by atoms with Crippen LogP contribution in [-0.4, -0.2) is 39.6 Å². The van der Waals surface area contributed by atoms with Crippen molar-refractivity contribution in [1.29, 1.82) is 0 Å². The Balaban J connectivity index is 1.75. The fourth-order valence-corrected chi connectivity index (χ4v) is 3.14. The molecular weight excluding hydrogens is 320 g/mol. The summed E-state index contributed by atoms with van der Waals surface area (Å²) in [5.41, 5.74) is 6.18. The molecule has 2 atom stereocenters. The van der Waals surface area contributed by atoms with E-state index in [1.165, 1.54) is 0 Å². The Labute approximate surface area is 146 Å².